The number of methoxy groups -OCH3 is 1. The third-order valence-electron chi connectivity index (χ3n) is 2.02. The van der Waals surface area contributed by atoms with Crippen LogP contribution < -0.4 is 40.0 Å². The molecular formula is C11H12NNaO4S. The Morgan fingerprint density at radius 3 is 2.67 bits per heavy atom. The van der Waals surface area contributed by atoms with Crippen molar-refractivity contribution >= 4 is 23.3 Å². The number of carboxylic acid groups (broad SMARTS) is 1. The van der Waals surface area contributed by atoms with E-state index in [-0.39, 0.29) is 29.6 Å². The first-order valence-electron chi connectivity index (χ1n) is 4.80. The Morgan fingerprint density at radius 2 is 2.22 bits per heavy atom. The molecule has 1 atom stereocenters. The second-order valence-electron chi connectivity index (χ2n) is 3.30. The molecule has 0 fully saturated rings. The molecular weight excluding hydrogens is 265 g/mol. The number of thiophene rings is 1. The molecule has 0 aromatic carbocycles. The van der Waals surface area contributed by atoms with E-state index in [4.69, 9.17) is 0 Å². The van der Waals surface area contributed by atoms with Crippen molar-refractivity contribution in [3.8, 4) is 0 Å². The Bertz CT molecular complexity index is 430. The zero-order valence-electron chi connectivity index (χ0n) is 10.4. The summed E-state index contributed by atoms with van der Waals surface area (Å²) >= 11 is 1.39. The fraction of sp³-hybridized carbons (Fsp3) is 0.273. The van der Waals surface area contributed by atoms with Crippen molar-refractivity contribution in [2.75, 3.05) is 7.11 Å². The van der Waals surface area contributed by atoms with Gasteiger partial charge in [-0.25, -0.2) is 4.79 Å². The summed E-state index contributed by atoms with van der Waals surface area (Å²) in [4.78, 5) is 21.9. The molecule has 7 heteroatoms. The Kier molecular flexibility index (Phi) is 7.93. The van der Waals surface area contributed by atoms with Crippen LogP contribution in [0.4, 0.5) is 0 Å². The quantitative estimate of drug-likeness (QED) is 0.357. The summed E-state index contributed by atoms with van der Waals surface area (Å²) in [6.45, 7) is 1.58. The van der Waals surface area contributed by atoms with Gasteiger partial charge in [-0.15, -0.1) is 0 Å². The number of esters is 1. The zero-order chi connectivity index (χ0) is 12.8. The summed E-state index contributed by atoms with van der Waals surface area (Å²) in [5.74, 6) is -1.79. The molecule has 1 aromatic heterocycles. The van der Waals surface area contributed by atoms with Crippen molar-refractivity contribution in [2.24, 2.45) is 0 Å². The molecule has 1 aromatic rings. The molecule has 0 spiro atoms. The van der Waals surface area contributed by atoms with Gasteiger partial charge in [0.2, 0.25) is 0 Å². The van der Waals surface area contributed by atoms with Crippen molar-refractivity contribution in [2.45, 2.75) is 13.0 Å². The van der Waals surface area contributed by atoms with Gasteiger partial charge in [0.1, 0.15) is 0 Å². The van der Waals surface area contributed by atoms with Gasteiger partial charge in [-0.3, -0.25) is 0 Å². The second kappa shape index (κ2) is 8.31. The topological polar surface area (TPSA) is 78.5 Å². The van der Waals surface area contributed by atoms with E-state index < -0.39 is 18.0 Å². The number of hydrogen-bond acceptors (Lipinski definition) is 6. The van der Waals surface area contributed by atoms with Crippen LogP contribution in [0.3, 0.4) is 0 Å². The van der Waals surface area contributed by atoms with E-state index in [2.05, 4.69) is 10.1 Å². The Morgan fingerprint density at radius 1 is 1.56 bits per heavy atom. The van der Waals surface area contributed by atoms with E-state index in [0.29, 0.717) is 11.3 Å². The number of rotatable bonds is 5. The van der Waals surface area contributed by atoms with Gasteiger partial charge in [0.05, 0.1) is 19.1 Å². The van der Waals surface area contributed by atoms with E-state index in [0.717, 1.165) is 0 Å². The third kappa shape index (κ3) is 5.22. The summed E-state index contributed by atoms with van der Waals surface area (Å²) in [5, 5.41) is 17.1. The van der Waals surface area contributed by atoms with Crippen LogP contribution >= 0.6 is 11.3 Å². The third-order valence-corrected chi connectivity index (χ3v) is 2.72. The van der Waals surface area contributed by atoms with Crippen molar-refractivity contribution < 1.29 is 49.0 Å². The maximum Gasteiger partial charge on any atom is 1.00 e. The first kappa shape index (κ1) is 17.2. The van der Waals surface area contributed by atoms with Gasteiger partial charge in [-0.05, 0) is 29.3 Å². The monoisotopic (exact) mass is 277 g/mol. The van der Waals surface area contributed by atoms with Gasteiger partial charge in [0.25, 0.3) is 0 Å². The van der Waals surface area contributed by atoms with Crippen molar-refractivity contribution in [1.82, 2.24) is 5.32 Å². The van der Waals surface area contributed by atoms with E-state index in [9.17, 15) is 14.7 Å². The summed E-state index contributed by atoms with van der Waals surface area (Å²) in [6, 6.07) is 0.714. The maximum atomic E-state index is 11.0. The summed E-state index contributed by atoms with van der Waals surface area (Å²) in [6.07, 6.45) is 1.18. The second-order valence-corrected chi connectivity index (χ2v) is 4.08. The molecule has 0 unspecified atom stereocenters. The largest absolute Gasteiger partial charge is 1.00 e. The molecule has 18 heavy (non-hydrogen) atoms. The number of carbonyl (C=O) groups excluding carboxylic acids is 2. The van der Waals surface area contributed by atoms with E-state index >= 15 is 0 Å². The van der Waals surface area contributed by atoms with E-state index in [1.54, 1.807) is 23.8 Å². The van der Waals surface area contributed by atoms with Crippen molar-refractivity contribution in [3.63, 3.8) is 0 Å². The van der Waals surface area contributed by atoms with Crippen LogP contribution in [0.2, 0.25) is 0 Å². The number of carboxylic acids is 1. The standard InChI is InChI=1S/C11H13NO4S.Na/c1-7(5-9(13)16-2)12-10(11(14)15)8-3-4-17-6-8;/h3-6,10,12H,1-2H3,(H,14,15);/q;+1/p-1/t10-;/m1./s1. The number of allylic oxidation sites excluding steroid dienone is 1. The van der Waals surface area contributed by atoms with Crippen LogP contribution in [-0.4, -0.2) is 19.0 Å². The smallest absolute Gasteiger partial charge is 0.548 e. The van der Waals surface area contributed by atoms with Crippen LogP contribution in [0.5, 0.6) is 0 Å². The van der Waals surface area contributed by atoms with Gasteiger partial charge >= 0.3 is 35.5 Å². The predicted octanol–water partition coefficient (Wildman–Crippen LogP) is -2.79. The molecule has 92 valence electrons. The zero-order valence-corrected chi connectivity index (χ0v) is 13.2. The van der Waals surface area contributed by atoms with Crippen molar-refractivity contribution in [1.29, 1.82) is 0 Å². The van der Waals surface area contributed by atoms with Crippen LogP contribution in [0.25, 0.3) is 0 Å². The van der Waals surface area contributed by atoms with Crippen molar-refractivity contribution in [3.05, 3.63) is 34.2 Å². The Hall–Kier alpha value is -0.820. The molecule has 1 N–H and O–H groups in total. The van der Waals surface area contributed by atoms with Gasteiger partial charge in [-0.2, -0.15) is 11.3 Å². The van der Waals surface area contributed by atoms with Crippen LogP contribution in [0.1, 0.15) is 18.5 Å². The molecule has 0 aliphatic carbocycles. The predicted molar refractivity (Wildman–Crippen MR) is 61.0 cm³/mol. The average molecular weight is 277 g/mol. The maximum absolute atomic E-state index is 11.0. The number of nitrogens with one attached hydrogen (secondary N) is 1. The molecule has 1 heterocycles. The summed E-state index contributed by atoms with van der Waals surface area (Å²) < 4.78 is 4.44. The molecule has 1 rings (SSSR count). The van der Waals surface area contributed by atoms with Gasteiger partial charge in [-0.1, -0.05) is 0 Å². The first-order valence-corrected chi connectivity index (χ1v) is 5.74. The molecule has 5 nitrogen and oxygen atoms in total. The normalized spacial score (nSPS) is 12.2. The van der Waals surface area contributed by atoms with Gasteiger partial charge in [0, 0.05) is 11.8 Å². The van der Waals surface area contributed by atoms with Crippen LogP contribution in [-0.2, 0) is 14.3 Å². The molecule has 0 bridgehead atoms. The number of hydrogen-bond donors (Lipinski definition) is 1. The summed E-state index contributed by atoms with van der Waals surface area (Å²) in [7, 11) is 1.25. The molecule has 0 aliphatic rings. The number of carbonyl (C=O) groups is 2. The molecule has 0 amide bonds. The Balaban J connectivity index is 0.00000289. The number of aliphatic carboxylic acids is 1. The van der Waals surface area contributed by atoms with Gasteiger partial charge in [0.15, 0.2) is 0 Å². The minimum absolute atomic E-state index is 0. The fourth-order valence-electron chi connectivity index (χ4n) is 1.22. The van der Waals surface area contributed by atoms with Crippen LogP contribution in [0.15, 0.2) is 28.6 Å². The summed E-state index contributed by atoms with van der Waals surface area (Å²) in [5.41, 5.74) is 0.991. The number of ether oxygens (including phenoxy) is 1. The SMILES string of the molecule is COC(=O)C=C(C)N[C@@H](C(=O)[O-])c1ccsc1.[Na+]. The van der Waals surface area contributed by atoms with E-state index in [1.165, 1.54) is 24.5 Å². The molecule has 0 radical (unpaired) electrons. The minimum Gasteiger partial charge on any atom is -0.548 e. The van der Waals surface area contributed by atoms with Gasteiger partial charge < -0.3 is 20.0 Å². The van der Waals surface area contributed by atoms with E-state index in [1.807, 2.05) is 0 Å². The first-order chi connectivity index (χ1) is 8.04. The fourth-order valence-corrected chi connectivity index (χ4v) is 1.91. The Labute approximate surface area is 131 Å². The minimum atomic E-state index is -1.25. The van der Waals surface area contributed by atoms with Crippen LogP contribution in [0, 0.1) is 0 Å². The average Bonchev–Trinajstić information content (AvgIpc) is 2.78. The molecule has 0 aliphatic heterocycles. The molecule has 0 saturated carbocycles. The molecule has 0 saturated heterocycles.